The van der Waals surface area contributed by atoms with Gasteiger partial charge in [0.1, 0.15) is 17.9 Å². The first-order valence-corrected chi connectivity index (χ1v) is 6.31. The van der Waals surface area contributed by atoms with E-state index in [-0.39, 0.29) is 23.7 Å². The Bertz CT molecular complexity index is 350. The molecule has 0 spiro atoms. The molecule has 17 heavy (non-hydrogen) atoms. The molecule has 0 bridgehead atoms. The molecule has 1 saturated carbocycles. The third kappa shape index (κ3) is 2.87. The zero-order valence-corrected chi connectivity index (χ0v) is 9.91. The number of aliphatic hydroxyl groups excluding tert-OH is 1. The normalized spacial score (nSPS) is 21.8. The van der Waals surface area contributed by atoms with Gasteiger partial charge in [-0.1, -0.05) is 32.1 Å². The number of cyclic esters (lactones) is 1. The number of rotatable bonds is 4. The van der Waals surface area contributed by atoms with Crippen LogP contribution in [0.2, 0.25) is 0 Å². The van der Waals surface area contributed by atoms with E-state index in [1.54, 1.807) is 0 Å². The van der Waals surface area contributed by atoms with E-state index in [2.05, 4.69) is 4.74 Å². The van der Waals surface area contributed by atoms with Crippen molar-refractivity contribution in [3.8, 4) is 0 Å². The molecule has 0 aromatic rings. The summed E-state index contributed by atoms with van der Waals surface area (Å²) in [5.41, 5.74) is -0.124. The molecule has 0 amide bonds. The van der Waals surface area contributed by atoms with Crippen LogP contribution in [-0.2, 0) is 14.3 Å². The molecule has 0 aromatic heterocycles. The number of ketones is 1. The molecule has 1 aliphatic carbocycles. The van der Waals surface area contributed by atoms with Crippen LogP contribution in [0.5, 0.6) is 0 Å². The zero-order valence-electron chi connectivity index (χ0n) is 9.91. The van der Waals surface area contributed by atoms with Crippen LogP contribution in [-0.4, -0.2) is 23.5 Å². The molecule has 0 saturated heterocycles. The number of Topliss-reactive ketones (excluding diaryl/α,β-unsaturated/α-hetero) is 1. The summed E-state index contributed by atoms with van der Waals surface area (Å²) in [5.74, 6) is -0.539. The summed E-state index contributed by atoms with van der Waals surface area (Å²) in [4.78, 5) is 23.0. The van der Waals surface area contributed by atoms with Gasteiger partial charge in [0.25, 0.3) is 0 Å². The smallest absolute Gasteiger partial charge is 0.345 e. The topological polar surface area (TPSA) is 63.6 Å². The number of carbonyl (C=O) groups is 2. The first-order chi connectivity index (χ1) is 8.18. The average molecular weight is 238 g/mol. The van der Waals surface area contributed by atoms with E-state index in [1.165, 1.54) is 32.1 Å². The average Bonchev–Trinajstić information content (AvgIpc) is 2.67. The molecule has 1 N–H and O–H groups in total. The van der Waals surface area contributed by atoms with Gasteiger partial charge in [-0.2, -0.15) is 0 Å². The number of esters is 1. The van der Waals surface area contributed by atoms with Crippen molar-refractivity contribution in [1.29, 1.82) is 0 Å². The van der Waals surface area contributed by atoms with E-state index in [0.29, 0.717) is 12.3 Å². The van der Waals surface area contributed by atoms with Gasteiger partial charge in [0, 0.05) is 6.42 Å². The molecular formula is C13H18O4. The van der Waals surface area contributed by atoms with Gasteiger partial charge in [-0.05, 0) is 12.3 Å². The minimum atomic E-state index is -0.670. The number of aliphatic hydroxyl groups is 1. The van der Waals surface area contributed by atoms with Gasteiger partial charge in [0.15, 0.2) is 5.78 Å². The molecule has 1 aliphatic heterocycles. The van der Waals surface area contributed by atoms with E-state index < -0.39 is 5.97 Å². The van der Waals surface area contributed by atoms with Crippen LogP contribution in [0.3, 0.4) is 0 Å². The second-order valence-electron chi connectivity index (χ2n) is 4.86. The van der Waals surface area contributed by atoms with E-state index in [1.807, 2.05) is 0 Å². The van der Waals surface area contributed by atoms with Gasteiger partial charge in [-0.25, -0.2) is 4.79 Å². The lowest BCUT2D eigenvalue weighted by atomic mass is 9.85. The second-order valence-corrected chi connectivity index (χ2v) is 4.86. The summed E-state index contributed by atoms with van der Waals surface area (Å²) in [6.45, 7) is -0.149. The Kier molecular flexibility index (Phi) is 3.82. The third-order valence-electron chi connectivity index (χ3n) is 3.62. The molecule has 4 heteroatoms. The molecule has 0 atom stereocenters. The van der Waals surface area contributed by atoms with Crippen molar-refractivity contribution < 1.29 is 19.4 Å². The maximum absolute atomic E-state index is 11.8. The highest BCUT2D eigenvalue weighted by Crippen LogP contribution is 2.28. The Morgan fingerprint density at radius 2 is 2.00 bits per heavy atom. The van der Waals surface area contributed by atoms with Crippen molar-refractivity contribution in [2.24, 2.45) is 5.92 Å². The summed E-state index contributed by atoms with van der Waals surface area (Å²) in [6.07, 6.45) is 7.32. The van der Waals surface area contributed by atoms with Crippen LogP contribution in [0.1, 0.15) is 44.9 Å². The fraction of sp³-hybridized carbons (Fsp3) is 0.692. The Balaban J connectivity index is 1.84. The van der Waals surface area contributed by atoms with Crippen LogP contribution in [0, 0.1) is 5.92 Å². The SMILES string of the molecule is O=C(CCC1CCCCC1)C1=C(O)COC1=O. The Morgan fingerprint density at radius 1 is 1.29 bits per heavy atom. The van der Waals surface area contributed by atoms with Crippen molar-refractivity contribution in [1.82, 2.24) is 0 Å². The minimum absolute atomic E-state index is 0.124. The lowest BCUT2D eigenvalue weighted by molar-refractivity contribution is -0.137. The van der Waals surface area contributed by atoms with Crippen LogP contribution in [0.4, 0.5) is 0 Å². The third-order valence-corrected chi connectivity index (χ3v) is 3.62. The first kappa shape index (κ1) is 12.1. The standard InChI is InChI=1S/C13H18O4/c14-10(12-11(15)8-17-13(12)16)7-6-9-4-2-1-3-5-9/h9,15H,1-8H2. The van der Waals surface area contributed by atoms with Gasteiger partial charge in [-0.3, -0.25) is 4.79 Å². The maximum Gasteiger partial charge on any atom is 0.345 e. The van der Waals surface area contributed by atoms with Crippen LogP contribution >= 0.6 is 0 Å². The van der Waals surface area contributed by atoms with Crippen LogP contribution in [0.25, 0.3) is 0 Å². The molecule has 94 valence electrons. The van der Waals surface area contributed by atoms with Crippen molar-refractivity contribution in [3.63, 3.8) is 0 Å². The van der Waals surface area contributed by atoms with Crippen molar-refractivity contribution in [3.05, 3.63) is 11.3 Å². The number of hydrogen-bond donors (Lipinski definition) is 1. The minimum Gasteiger partial charge on any atom is -0.508 e. The Labute approximate surface area is 101 Å². The fourth-order valence-electron chi connectivity index (χ4n) is 2.61. The monoisotopic (exact) mass is 238 g/mol. The van der Waals surface area contributed by atoms with E-state index in [4.69, 9.17) is 0 Å². The quantitative estimate of drug-likeness (QED) is 0.603. The van der Waals surface area contributed by atoms with E-state index in [0.717, 1.165) is 6.42 Å². The molecule has 1 fully saturated rings. The predicted octanol–water partition coefficient (Wildman–Crippen LogP) is 2.28. The summed E-state index contributed by atoms with van der Waals surface area (Å²) >= 11 is 0. The van der Waals surface area contributed by atoms with Crippen LogP contribution in [0.15, 0.2) is 11.3 Å². The summed E-state index contributed by atoms with van der Waals surface area (Å²) in [7, 11) is 0. The molecule has 2 aliphatic rings. The molecule has 0 radical (unpaired) electrons. The largest absolute Gasteiger partial charge is 0.508 e. The van der Waals surface area contributed by atoms with Gasteiger partial charge < -0.3 is 9.84 Å². The zero-order chi connectivity index (χ0) is 12.3. The second kappa shape index (κ2) is 5.34. The summed E-state index contributed by atoms with van der Waals surface area (Å²) < 4.78 is 4.61. The lowest BCUT2D eigenvalue weighted by Gasteiger charge is -2.20. The van der Waals surface area contributed by atoms with E-state index >= 15 is 0 Å². The summed E-state index contributed by atoms with van der Waals surface area (Å²) in [6, 6.07) is 0. The molecule has 2 rings (SSSR count). The predicted molar refractivity (Wildman–Crippen MR) is 61.4 cm³/mol. The van der Waals surface area contributed by atoms with Crippen molar-refractivity contribution >= 4 is 11.8 Å². The Morgan fingerprint density at radius 3 is 2.59 bits per heavy atom. The van der Waals surface area contributed by atoms with Gasteiger partial charge in [0.2, 0.25) is 0 Å². The number of ether oxygens (including phenoxy) is 1. The Hall–Kier alpha value is -1.32. The summed E-state index contributed by atoms with van der Waals surface area (Å²) in [5, 5.41) is 9.38. The highest BCUT2D eigenvalue weighted by molar-refractivity contribution is 6.18. The molecule has 0 unspecified atom stereocenters. The van der Waals surface area contributed by atoms with Crippen molar-refractivity contribution in [2.45, 2.75) is 44.9 Å². The molecular weight excluding hydrogens is 220 g/mol. The highest BCUT2D eigenvalue weighted by Gasteiger charge is 2.30. The molecule has 1 heterocycles. The molecule has 0 aromatic carbocycles. The molecule has 4 nitrogen and oxygen atoms in total. The number of carbonyl (C=O) groups excluding carboxylic acids is 2. The number of hydrogen-bond acceptors (Lipinski definition) is 4. The van der Waals surface area contributed by atoms with Gasteiger partial charge in [0.05, 0.1) is 0 Å². The first-order valence-electron chi connectivity index (χ1n) is 6.31. The lowest BCUT2D eigenvalue weighted by Crippen LogP contribution is -2.14. The fourth-order valence-corrected chi connectivity index (χ4v) is 2.61. The van der Waals surface area contributed by atoms with Crippen molar-refractivity contribution in [2.75, 3.05) is 6.61 Å². The maximum atomic E-state index is 11.8. The van der Waals surface area contributed by atoms with Gasteiger partial charge >= 0.3 is 5.97 Å². The van der Waals surface area contributed by atoms with Crippen LogP contribution < -0.4 is 0 Å². The van der Waals surface area contributed by atoms with E-state index in [9.17, 15) is 14.7 Å². The highest BCUT2D eigenvalue weighted by atomic mass is 16.5. The van der Waals surface area contributed by atoms with Gasteiger partial charge in [-0.15, -0.1) is 0 Å².